The summed E-state index contributed by atoms with van der Waals surface area (Å²) in [6, 6.07) is 8.28. The Morgan fingerprint density at radius 1 is 1.05 bits per heavy atom. The van der Waals surface area contributed by atoms with Crippen LogP contribution in [0.25, 0.3) is 0 Å². The quantitative estimate of drug-likeness (QED) is 0.579. The van der Waals surface area contributed by atoms with E-state index < -0.39 is 0 Å². The van der Waals surface area contributed by atoms with Gasteiger partial charge in [0.25, 0.3) is 0 Å². The smallest absolute Gasteiger partial charge is 0.162 e. The highest BCUT2D eigenvalue weighted by Crippen LogP contribution is 2.42. The summed E-state index contributed by atoms with van der Waals surface area (Å²) < 4.78 is 25.3. The average molecular weight is 437 g/mol. The maximum atomic E-state index is 13.5. The van der Waals surface area contributed by atoms with Crippen LogP contribution < -0.4 is 9.47 Å². The highest BCUT2D eigenvalue weighted by atomic mass is 79.9. The molecule has 6 heteroatoms. The molecule has 2 nitrogen and oxygen atoms in total. The molecule has 0 aliphatic carbocycles. The lowest BCUT2D eigenvalue weighted by molar-refractivity contribution is 0.171. The normalized spacial score (nSPS) is 14.9. The first-order valence-corrected chi connectivity index (χ1v) is 8.32. The van der Waals surface area contributed by atoms with E-state index in [0.29, 0.717) is 34.2 Å². The molecule has 0 bridgehead atoms. The maximum Gasteiger partial charge on any atom is 0.162 e. The second-order valence-electron chi connectivity index (χ2n) is 4.58. The van der Waals surface area contributed by atoms with Crippen LogP contribution in [0.15, 0.2) is 34.8 Å². The van der Waals surface area contributed by atoms with Crippen molar-refractivity contribution in [1.82, 2.24) is 0 Å². The summed E-state index contributed by atoms with van der Waals surface area (Å²) in [5, 5.41) is 0.543. The van der Waals surface area contributed by atoms with Gasteiger partial charge in [-0.05, 0) is 35.4 Å². The summed E-state index contributed by atoms with van der Waals surface area (Å²) >= 11 is 13.2. The number of rotatable bonds is 2. The van der Waals surface area contributed by atoms with Gasteiger partial charge >= 0.3 is 0 Å². The average Bonchev–Trinajstić information content (AvgIpc) is 2.44. The molecular formula is C15H10Br2ClFO2. The molecule has 1 atom stereocenters. The van der Waals surface area contributed by atoms with Gasteiger partial charge in [-0.3, -0.25) is 0 Å². The highest BCUT2D eigenvalue weighted by molar-refractivity contribution is 9.10. The predicted octanol–water partition coefficient (Wildman–Crippen LogP) is 5.50. The van der Waals surface area contributed by atoms with Crippen LogP contribution in [0.3, 0.4) is 0 Å². The molecule has 3 rings (SSSR count). The number of hydrogen-bond donors (Lipinski definition) is 0. The number of benzene rings is 2. The van der Waals surface area contributed by atoms with E-state index in [0.717, 1.165) is 11.1 Å². The molecule has 110 valence electrons. The van der Waals surface area contributed by atoms with E-state index in [-0.39, 0.29) is 10.6 Å². The van der Waals surface area contributed by atoms with Crippen LogP contribution in [0.4, 0.5) is 4.39 Å². The molecular weight excluding hydrogens is 426 g/mol. The van der Waals surface area contributed by atoms with Crippen molar-refractivity contribution in [3.8, 4) is 11.5 Å². The van der Waals surface area contributed by atoms with Crippen LogP contribution in [0.2, 0.25) is 5.02 Å². The lowest BCUT2D eigenvalue weighted by atomic mass is 10.0. The fourth-order valence-electron chi connectivity index (χ4n) is 2.17. The van der Waals surface area contributed by atoms with Gasteiger partial charge in [0.15, 0.2) is 11.5 Å². The lowest BCUT2D eigenvalue weighted by Crippen LogP contribution is -2.15. The van der Waals surface area contributed by atoms with E-state index in [1.54, 1.807) is 6.07 Å². The molecule has 0 spiro atoms. The SMILES string of the molecule is Fc1cc(Br)cc(C(Br)c2cc3c(cc2Cl)OCCO3)c1. The van der Waals surface area contributed by atoms with Gasteiger partial charge in [0.2, 0.25) is 0 Å². The van der Waals surface area contributed by atoms with E-state index in [4.69, 9.17) is 21.1 Å². The van der Waals surface area contributed by atoms with E-state index >= 15 is 0 Å². The van der Waals surface area contributed by atoms with Crippen LogP contribution in [-0.4, -0.2) is 13.2 Å². The standard InChI is InChI=1S/C15H10Br2ClFO2/c16-9-3-8(4-10(19)5-9)15(17)11-6-13-14(7-12(11)18)21-2-1-20-13/h3-7,15H,1-2H2. The van der Waals surface area contributed by atoms with Crippen molar-refractivity contribution in [3.63, 3.8) is 0 Å². The van der Waals surface area contributed by atoms with Crippen LogP contribution in [0.5, 0.6) is 11.5 Å². The first kappa shape index (κ1) is 15.1. The Hall–Kier alpha value is -0.780. The van der Waals surface area contributed by atoms with Gasteiger partial charge in [0.05, 0.1) is 4.83 Å². The molecule has 0 N–H and O–H groups in total. The van der Waals surface area contributed by atoms with Crippen LogP contribution in [0, 0.1) is 5.82 Å². The van der Waals surface area contributed by atoms with E-state index in [2.05, 4.69) is 31.9 Å². The minimum absolute atomic E-state index is 0.243. The molecule has 0 radical (unpaired) electrons. The zero-order valence-corrected chi connectivity index (χ0v) is 14.6. The van der Waals surface area contributed by atoms with Gasteiger partial charge in [0, 0.05) is 15.6 Å². The Morgan fingerprint density at radius 2 is 1.71 bits per heavy atom. The summed E-state index contributed by atoms with van der Waals surface area (Å²) in [6.45, 7) is 1.02. The molecule has 1 heterocycles. The van der Waals surface area contributed by atoms with E-state index in [1.807, 2.05) is 12.1 Å². The van der Waals surface area contributed by atoms with Gasteiger partial charge < -0.3 is 9.47 Å². The molecule has 1 aliphatic heterocycles. The number of alkyl halides is 1. The lowest BCUT2D eigenvalue weighted by Gasteiger charge is -2.21. The van der Waals surface area contributed by atoms with Crippen molar-refractivity contribution in [1.29, 1.82) is 0 Å². The zero-order chi connectivity index (χ0) is 15.0. The summed E-state index contributed by atoms with van der Waals surface area (Å²) in [6.07, 6.45) is 0. The Balaban J connectivity index is 2.02. The molecule has 2 aromatic rings. The van der Waals surface area contributed by atoms with Crippen molar-refractivity contribution in [2.75, 3.05) is 13.2 Å². The third kappa shape index (κ3) is 3.20. The van der Waals surface area contributed by atoms with Crippen LogP contribution in [0.1, 0.15) is 16.0 Å². The van der Waals surface area contributed by atoms with Crippen molar-refractivity contribution in [3.05, 3.63) is 56.8 Å². The molecule has 0 saturated heterocycles. The van der Waals surface area contributed by atoms with Gasteiger partial charge in [0.1, 0.15) is 19.0 Å². The largest absolute Gasteiger partial charge is 0.486 e. The third-order valence-corrected chi connectivity index (χ3v) is 4.92. The second kappa shape index (κ2) is 6.15. The molecule has 21 heavy (non-hydrogen) atoms. The van der Waals surface area contributed by atoms with E-state index in [9.17, 15) is 4.39 Å². The maximum absolute atomic E-state index is 13.5. The van der Waals surface area contributed by atoms with Gasteiger partial charge in [-0.25, -0.2) is 4.39 Å². The highest BCUT2D eigenvalue weighted by Gasteiger charge is 2.21. The Labute approximate surface area is 143 Å². The fraction of sp³-hybridized carbons (Fsp3) is 0.200. The molecule has 1 unspecified atom stereocenters. The molecule has 2 aromatic carbocycles. The number of fused-ring (bicyclic) bond motifs is 1. The van der Waals surface area contributed by atoms with Crippen molar-refractivity contribution in [2.45, 2.75) is 4.83 Å². The molecule has 1 aliphatic rings. The van der Waals surface area contributed by atoms with Crippen molar-refractivity contribution >= 4 is 43.5 Å². The number of ether oxygens (including phenoxy) is 2. The van der Waals surface area contributed by atoms with Crippen LogP contribution >= 0.6 is 43.5 Å². The minimum Gasteiger partial charge on any atom is -0.486 e. The molecule has 0 saturated carbocycles. The molecule has 0 amide bonds. The van der Waals surface area contributed by atoms with E-state index in [1.165, 1.54) is 12.1 Å². The van der Waals surface area contributed by atoms with Gasteiger partial charge in [-0.15, -0.1) is 0 Å². The fourth-order valence-corrected chi connectivity index (χ4v) is 3.70. The van der Waals surface area contributed by atoms with Gasteiger partial charge in [-0.1, -0.05) is 43.5 Å². The van der Waals surface area contributed by atoms with Crippen LogP contribution in [-0.2, 0) is 0 Å². The Kier molecular flexibility index (Phi) is 4.43. The van der Waals surface area contributed by atoms with Gasteiger partial charge in [-0.2, -0.15) is 0 Å². The Morgan fingerprint density at radius 3 is 2.38 bits per heavy atom. The second-order valence-corrected chi connectivity index (χ2v) is 6.82. The minimum atomic E-state index is -0.308. The zero-order valence-electron chi connectivity index (χ0n) is 10.7. The summed E-state index contributed by atoms with van der Waals surface area (Å²) in [5.74, 6) is 0.980. The Bertz CT molecular complexity index is 673. The first-order chi connectivity index (χ1) is 10.0. The molecule has 0 aromatic heterocycles. The number of halogens is 4. The summed E-state index contributed by atoms with van der Waals surface area (Å²) in [4.78, 5) is -0.243. The monoisotopic (exact) mass is 434 g/mol. The van der Waals surface area contributed by atoms with Crippen molar-refractivity contribution in [2.24, 2.45) is 0 Å². The third-order valence-electron chi connectivity index (χ3n) is 3.11. The van der Waals surface area contributed by atoms with Crippen molar-refractivity contribution < 1.29 is 13.9 Å². The number of hydrogen-bond acceptors (Lipinski definition) is 2. The molecule has 0 fully saturated rings. The summed E-state index contributed by atoms with van der Waals surface area (Å²) in [7, 11) is 0. The first-order valence-electron chi connectivity index (χ1n) is 6.23. The topological polar surface area (TPSA) is 18.5 Å². The summed E-state index contributed by atoms with van der Waals surface area (Å²) in [5.41, 5.74) is 1.57. The predicted molar refractivity (Wildman–Crippen MR) is 87.3 cm³/mol.